The molecule has 1 unspecified atom stereocenters. The molecular weight excluding hydrogens is 238 g/mol. The van der Waals surface area contributed by atoms with E-state index in [-0.39, 0.29) is 25.7 Å². The van der Waals surface area contributed by atoms with Crippen molar-refractivity contribution in [3.63, 3.8) is 0 Å². The van der Waals surface area contributed by atoms with Crippen LogP contribution in [-0.4, -0.2) is 33.5 Å². The van der Waals surface area contributed by atoms with E-state index in [1.54, 1.807) is 0 Å². The number of hydroxylamine groups is 2. The summed E-state index contributed by atoms with van der Waals surface area (Å²) in [6.07, 6.45) is -0.488. The van der Waals surface area contributed by atoms with Gasteiger partial charge in [-0.15, -0.1) is 0 Å². The summed E-state index contributed by atoms with van der Waals surface area (Å²) in [6.45, 7) is 0. The molecule has 0 radical (unpaired) electrons. The average molecular weight is 250 g/mol. The summed E-state index contributed by atoms with van der Waals surface area (Å²) in [5, 5.41) is 9.41. The zero-order valence-electron chi connectivity index (χ0n) is 8.52. The van der Waals surface area contributed by atoms with E-state index < -0.39 is 23.3 Å². The lowest BCUT2D eigenvalue weighted by Gasteiger charge is -2.17. The molecule has 0 aliphatic carbocycles. The van der Waals surface area contributed by atoms with E-state index in [9.17, 15) is 19.5 Å². The summed E-state index contributed by atoms with van der Waals surface area (Å²) in [7, 11) is 0. The molecule has 16 heavy (non-hydrogen) atoms. The fourth-order valence-electron chi connectivity index (χ4n) is 1.26. The third-order valence-corrected chi connectivity index (χ3v) is 2.25. The van der Waals surface area contributed by atoms with Gasteiger partial charge in [-0.3, -0.25) is 14.4 Å². The van der Waals surface area contributed by atoms with E-state index in [2.05, 4.69) is 0 Å². The first-order valence-electron chi connectivity index (χ1n) is 4.89. The van der Waals surface area contributed by atoms with Crippen molar-refractivity contribution in [1.29, 1.82) is 0 Å². The summed E-state index contributed by atoms with van der Waals surface area (Å²) in [5.41, 5.74) is 0. The molecule has 1 saturated heterocycles. The van der Waals surface area contributed by atoms with Gasteiger partial charge in [-0.25, -0.2) is 4.84 Å². The van der Waals surface area contributed by atoms with Gasteiger partial charge in [0.1, 0.15) is 0 Å². The third kappa shape index (κ3) is 3.88. The zero-order valence-corrected chi connectivity index (χ0v) is 9.27. The van der Waals surface area contributed by atoms with Gasteiger partial charge in [0.05, 0.1) is 0 Å². The quantitative estimate of drug-likeness (QED) is 0.416. The summed E-state index contributed by atoms with van der Waals surface area (Å²) >= 11 is 5.10. The molecule has 0 saturated carbocycles. The SMILES string of the molecule is O=C(Cl)CCCC(O)ON1C(=O)CCC1=O. The number of halogens is 1. The molecule has 1 aliphatic heterocycles. The van der Waals surface area contributed by atoms with Crippen molar-refractivity contribution in [3.8, 4) is 0 Å². The number of aliphatic hydroxyl groups is 1. The Morgan fingerprint density at radius 3 is 2.50 bits per heavy atom. The third-order valence-electron chi connectivity index (χ3n) is 2.06. The van der Waals surface area contributed by atoms with Crippen molar-refractivity contribution < 1.29 is 24.3 Å². The highest BCUT2D eigenvalue weighted by atomic mass is 35.5. The van der Waals surface area contributed by atoms with E-state index in [0.29, 0.717) is 11.5 Å². The second kappa shape index (κ2) is 5.93. The Morgan fingerprint density at radius 2 is 2.00 bits per heavy atom. The highest BCUT2D eigenvalue weighted by molar-refractivity contribution is 6.63. The minimum absolute atomic E-state index is 0.103. The van der Waals surface area contributed by atoms with Gasteiger partial charge in [0.25, 0.3) is 11.8 Å². The van der Waals surface area contributed by atoms with Gasteiger partial charge in [-0.1, -0.05) is 0 Å². The predicted molar refractivity (Wildman–Crippen MR) is 52.9 cm³/mol. The van der Waals surface area contributed by atoms with Crippen LogP contribution in [0.2, 0.25) is 0 Å². The van der Waals surface area contributed by atoms with Crippen molar-refractivity contribution >= 4 is 28.7 Å². The van der Waals surface area contributed by atoms with Crippen molar-refractivity contribution in [2.24, 2.45) is 0 Å². The maximum atomic E-state index is 11.1. The molecule has 0 aromatic carbocycles. The number of rotatable bonds is 6. The molecule has 6 nitrogen and oxygen atoms in total. The van der Waals surface area contributed by atoms with E-state index in [4.69, 9.17) is 16.4 Å². The molecule has 1 heterocycles. The summed E-state index contributed by atoms with van der Waals surface area (Å²) in [5.74, 6) is -0.921. The van der Waals surface area contributed by atoms with Gasteiger partial charge in [-0.2, -0.15) is 5.06 Å². The van der Waals surface area contributed by atoms with Gasteiger partial charge < -0.3 is 5.11 Å². The lowest BCUT2D eigenvalue weighted by Crippen LogP contribution is -2.34. The molecule has 0 aromatic heterocycles. The van der Waals surface area contributed by atoms with Gasteiger partial charge in [0, 0.05) is 25.7 Å². The van der Waals surface area contributed by atoms with Gasteiger partial charge >= 0.3 is 0 Å². The Hall–Kier alpha value is -0.980. The molecular formula is C9H12ClNO5. The monoisotopic (exact) mass is 249 g/mol. The van der Waals surface area contributed by atoms with Crippen LogP contribution < -0.4 is 0 Å². The molecule has 0 aromatic rings. The van der Waals surface area contributed by atoms with Gasteiger partial charge in [-0.05, 0) is 18.0 Å². The topological polar surface area (TPSA) is 83.9 Å². The fraction of sp³-hybridized carbons (Fsp3) is 0.667. The molecule has 1 N–H and O–H groups in total. The zero-order chi connectivity index (χ0) is 12.1. The molecule has 1 fully saturated rings. The molecule has 0 bridgehead atoms. The molecule has 0 spiro atoms. The molecule has 7 heteroatoms. The van der Waals surface area contributed by atoms with Crippen LogP contribution in [0.15, 0.2) is 0 Å². The number of carbonyl (C=O) groups excluding carboxylic acids is 3. The number of amides is 2. The molecule has 1 aliphatic rings. The number of nitrogens with zero attached hydrogens (tertiary/aromatic N) is 1. The van der Waals surface area contributed by atoms with Crippen LogP contribution >= 0.6 is 11.6 Å². The first kappa shape index (κ1) is 13.1. The molecule has 1 rings (SSSR count). The van der Waals surface area contributed by atoms with Crippen molar-refractivity contribution in [2.75, 3.05) is 0 Å². The second-order valence-corrected chi connectivity index (χ2v) is 3.81. The van der Waals surface area contributed by atoms with Crippen LogP contribution in [0.4, 0.5) is 0 Å². The van der Waals surface area contributed by atoms with E-state index in [1.165, 1.54) is 0 Å². The summed E-state index contributed by atoms with van der Waals surface area (Å²) < 4.78 is 0. The van der Waals surface area contributed by atoms with Crippen molar-refractivity contribution in [3.05, 3.63) is 0 Å². The fourth-order valence-corrected chi connectivity index (χ4v) is 1.40. The number of aliphatic hydroxyl groups excluding tert-OH is 1. The van der Waals surface area contributed by atoms with E-state index in [0.717, 1.165) is 0 Å². The van der Waals surface area contributed by atoms with Crippen LogP contribution in [0.25, 0.3) is 0 Å². The first-order valence-corrected chi connectivity index (χ1v) is 5.27. The Balaban J connectivity index is 2.28. The van der Waals surface area contributed by atoms with E-state index in [1.807, 2.05) is 0 Å². The van der Waals surface area contributed by atoms with Crippen molar-refractivity contribution in [1.82, 2.24) is 5.06 Å². The lowest BCUT2D eigenvalue weighted by atomic mass is 10.2. The van der Waals surface area contributed by atoms with Crippen molar-refractivity contribution in [2.45, 2.75) is 38.4 Å². The van der Waals surface area contributed by atoms with Gasteiger partial charge in [0.15, 0.2) is 6.29 Å². The summed E-state index contributed by atoms with van der Waals surface area (Å²) in [6, 6.07) is 0. The Kier molecular flexibility index (Phi) is 4.85. The standard InChI is InChI=1S/C9H12ClNO5/c10-6(12)2-1-3-9(15)16-11-7(13)4-5-8(11)14/h9,15H,1-5H2. The minimum atomic E-state index is -1.28. The van der Waals surface area contributed by atoms with Crippen LogP contribution in [-0.2, 0) is 19.2 Å². The smallest absolute Gasteiger partial charge is 0.254 e. The van der Waals surface area contributed by atoms with Gasteiger partial charge in [0.2, 0.25) is 5.24 Å². The maximum Gasteiger partial charge on any atom is 0.254 e. The van der Waals surface area contributed by atoms with Crippen LogP contribution in [0, 0.1) is 0 Å². The predicted octanol–water partition coefficient (Wildman–Crippen LogP) is 0.321. The Labute approximate surface area is 97.1 Å². The number of imide groups is 1. The first-order chi connectivity index (χ1) is 7.50. The largest absolute Gasteiger partial charge is 0.366 e. The van der Waals surface area contributed by atoms with Crippen LogP contribution in [0.1, 0.15) is 32.1 Å². The normalized spacial score (nSPS) is 18.0. The molecule has 2 amide bonds. The Bertz CT molecular complexity index is 290. The number of hydrogen-bond acceptors (Lipinski definition) is 5. The number of hydrogen-bond donors (Lipinski definition) is 1. The van der Waals surface area contributed by atoms with Crippen LogP contribution in [0.5, 0.6) is 0 Å². The van der Waals surface area contributed by atoms with Crippen LogP contribution in [0.3, 0.4) is 0 Å². The maximum absolute atomic E-state index is 11.1. The Morgan fingerprint density at radius 1 is 1.44 bits per heavy atom. The lowest BCUT2D eigenvalue weighted by molar-refractivity contribution is -0.245. The molecule has 1 atom stereocenters. The highest BCUT2D eigenvalue weighted by Crippen LogP contribution is 2.15. The number of carbonyl (C=O) groups is 3. The van der Waals surface area contributed by atoms with E-state index >= 15 is 0 Å². The highest BCUT2D eigenvalue weighted by Gasteiger charge is 2.31. The summed E-state index contributed by atoms with van der Waals surface area (Å²) in [4.78, 5) is 37.3. The second-order valence-electron chi connectivity index (χ2n) is 3.39. The average Bonchev–Trinajstić information content (AvgIpc) is 2.49. The molecule has 90 valence electrons. The minimum Gasteiger partial charge on any atom is -0.366 e.